The Balaban J connectivity index is 1.81. The van der Waals surface area contributed by atoms with E-state index in [1.165, 1.54) is 5.56 Å². The summed E-state index contributed by atoms with van der Waals surface area (Å²) in [4.78, 5) is 15.6. The minimum Gasteiger partial charge on any atom is -0.497 e. The third-order valence-electron chi connectivity index (χ3n) is 6.29. The number of amides is 1. The van der Waals surface area contributed by atoms with Gasteiger partial charge in [0.15, 0.2) is 0 Å². The quantitative estimate of drug-likeness (QED) is 0.680. The van der Waals surface area contributed by atoms with E-state index in [9.17, 15) is 4.79 Å². The molecule has 1 heterocycles. The summed E-state index contributed by atoms with van der Waals surface area (Å²) in [5, 5.41) is 3.30. The van der Waals surface area contributed by atoms with Crippen LogP contribution in [0.15, 0.2) is 54.6 Å². The maximum absolute atomic E-state index is 13.4. The molecule has 5 nitrogen and oxygen atoms in total. The van der Waals surface area contributed by atoms with Crippen LogP contribution < -0.4 is 10.1 Å². The lowest BCUT2D eigenvalue weighted by Crippen LogP contribution is -2.48. The highest BCUT2D eigenvalue weighted by Gasteiger charge is 2.36. The Bertz CT molecular complexity index is 782. The van der Waals surface area contributed by atoms with Crippen LogP contribution in [0.2, 0.25) is 0 Å². The topological polar surface area (TPSA) is 50.8 Å². The van der Waals surface area contributed by atoms with Crippen LogP contribution in [0, 0.1) is 0 Å². The fourth-order valence-electron chi connectivity index (χ4n) is 4.38. The fraction of sp³-hybridized carbons (Fsp3) is 0.480. The van der Waals surface area contributed by atoms with Crippen molar-refractivity contribution in [3.63, 3.8) is 0 Å². The van der Waals surface area contributed by atoms with Crippen molar-refractivity contribution in [1.82, 2.24) is 10.2 Å². The zero-order valence-corrected chi connectivity index (χ0v) is 18.4. The van der Waals surface area contributed by atoms with Gasteiger partial charge in [-0.15, -0.1) is 0 Å². The van der Waals surface area contributed by atoms with E-state index in [-0.39, 0.29) is 17.4 Å². The molecule has 3 rings (SSSR count). The summed E-state index contributed by atoms with van der Waals surface area (Å²) < 4.78 is 11.0. The lowest BCUT2D eigenvalue weighted by Gasteiger charge is -2.39. The molecule has 0 aromatic heterocycles. The highest BCUT2D eigenvalue weighted by atomic mass is 16.5. The molecular formula is C25H34N2O3. The van der Waals surface area contributed by atoms with Crippen LogP contribution in [0.3, 0.4) is 0 Å². The molecule has 5 heteroatoms. The van der Waals surface area contributed by atoms with Gasteiger partial charge >= 0.3 is 0 Å². The molecule has 162 valence electrons. The van der Waals surface area contributed by atoms with E-state index in [4.69, 9.17) is 9.47 Å². The summed E-state index contributed by atoms with van der Waals surface area (Å²) in [6.07, 6.45) is 1.78. The van der Waals surface area contributed by atoms with Crippen molar-refractivity contribution in [3.8, 4) is 5.75 Å². The van der Waals surface area contributed by atoms with Gasteiger partial charge in [0.05, 0.1) is 7.11 Å². The SMILES string of the molecule is CCN(CC)C(C(=O)NCC1(c2ccc(OC)cc2)CCOCC1)c1ccccc1. The Morgan fingerprint density at radius 3 is 2.27 bits per heavy atom. The van der Waals surface area contributed by atoms with Crippen LogP contribution in [0.5, 0.6) is 5.75 Å². The number of carbonyl (C=O) groups is 1. The minimum atomic E-state index is -0.283. The van der Waals surface area contributed by atoms with Gasteiger partial charge < -0.3 is 14.8 Å². The second-order valence-electron chi connectivity index (χ2n) is 7.87. The summed E-state index contributed by atoms with van der Waals surface area (Å²) in [5.74, 6) is 0.903. The van der Waals surface area contributed by atoms with Crippen molar-refractivity contribution in [1.29, 1.82) is 0 Å². The molecule has 1 N–H and O–H groups in total. The van der Waals surface area contributed by atoms with E-state index >= 15 is 0 Å². The number of nitrogens with one attached hydrogen (secondary N) is 1. The standard InChI is InChI=1S/C25H34N2O3/c1-4-27(5-2)23(20-9-7-6-8-10-20)24(28)26-19-25(15-17-30-18-16-25)21-11-13-22(29-3)14-12-21/h6-14,23H,4-5,15-19H2,1-3H3,(H,26,28). The molecule has 0 saturated carbocycles. The highest BCUT2D eigenvalue weighted by Crippen LogP contribution is 2.35. The van der Waals surface area contributed by atoms with E-state index in [1.54, 1.807) is 7.11 Å². The summed E-state index contributed by atoms with van der Waals surface area (Å²) in [6.45, 7) is 7.86. The van der Waals surface area contributed by atoms with Gasteiger partial charge in [0.25, 0.3) is 0 Å². The maximum atomic E-state index is 13.4. The van der Waals surface area contributed by atoms with Crippen molar-refractivity contribution in [3.05, 3.63) is 65.7 Å². The van der Waals surface area contributed by atoms with E-state index < -0.39 is 0 Å². The Morgan fingerprint density at radius 2 is 1.70 bits per heavy atom. The first-order valence-electron chi connectivity index (χ1n) is 10.9. The Labute approximate surface area is 180 Å². The average Bonchev–Trinajstić information content (AvgIpc) is 2.82. The largest absolute Gasteiger partial charge is 0.497 e. The minimum absolute atomic E-state index is 0.0595. The summed E-state index contributed by atoms with van der Waals surface area (Å²) in [7, 11) is 1.68. The van der Waals surface area contributed by atoms with Crippen molar-refractivity contribution in [2.24, 2.45) is 0 Å². The molecular weight excluding hydrogens is 376 g/mol. The number of likely N-dealkylation sites (N-methyl/N-ethyl adjacent to an activating group) is 1. The van der Waals surface area contributed by atoms with Gasteiger partial charge in [-0.1, -0.05) is 56.3 Å². The molecule has 1 aliphatic rings. The molecule has 0 aliphatic carbocycles. The third kappa shape index (κ3) is 5.02. The fourth-order valence-corrected chi connectivity index (χ4v) is 4.38. The van der Waals surface area contributed by atoms with Gasteiger partial charge in [-0.25, -0.2) is 0 Å². The molecule has 30 heavy (non-hydrogen) atoms. The van der Waals surface area contributed by atoms with Crippen LogP contribution in [0.1, 0.15) is 43.9 Å². The van der Waals surface area contributed by atoms with Gasteiger partial charge in [0.2, 0.25) is 5.91 Å². The molecule has 0 bridgehead atoms. The average molecular weight is 411 g/mol. The van der Waals surface area contributed by atoms with Gasteiger partial charge in [0, 0.05) is 25.2 Å². The first-order valence-corrected chi connectivity index (χ1v) is 10.9. The van der Waals surface area contributed by atoms with Crippen LogP contribution in [0.4, 0.5) is 0 Å². The van der Waals surface area contributed by atoms with Crippen molar-refractivity contribution in [2.75, 3.05) is 40.0 Å². The molecule has 1 saturated heterocycles. The molecule has 1 atom stereocenters. The van der Waals surface area contributed by atoms with Crippen molar-refractivity contribution < 1.29 is 14.3 Å². The number of rotatable bonds is 9. The smallest absolute Gasteiger partial charge is 0.241 e. The number of nitrogens with zero attached hydrogens (tertiary/aromatic N) is 1. The molecule has 0 spiro atoms. The Morgan fingerprint density at radius 1 is 1.07 bits per heavy atom. The molecule has 1 amide bonds. The van der Waals surface area contributed by atoms with Crippen molar-refractivity contribution >= 4 is 5.91 Å². The normalized spacial score (nSPS) is 16.8. The van der Waals surface area contributed by atoms with Crippen LogP contribution in [-0.2, 0) is 14.9 Å². The predicted octanol–water partition coefficient (Wildman–Crippen LogP) is 3.94. The highest BCUT2D eigenvalue weighted by molar-refractivity contribution is 5.83. The van der Waals surface area contributed by atoms with Crippen LogP contribution in [0.25, 0.3) is 0 Å². The van der Waals surface area contributed by atoms with Gasteiger partial charge in [0.1, 0.15) is 11.8 Å². The van der Waals surface area contributed by atoms with Crippen LogP contribution >= 0.6 is 0 Å². The van der Waals surface area contributed by atoms with Crippen molar-refractivity contribution in [2.45, 2.75) is 38.1 Å². The monoisotopic (exact) mass is 410 g/mol. The van der Waals surface area contributed by atoms with E-state index in [0.29, 0.717) is 19.8 Å². The Kier molecular flexibility index (Phi) is 7.88. The lowest BCUT2D eigenvalue weighted by molar-refractivity contribution is -0.127. The zero-order chi connectivity index (χ0) is 21.4. The lowest BCUT2D eigenvalue weighted by atomic mass is 9.74. The zero-order valence-electron chi connectivity index (χ0n) is 18.4. The maximum Gasteiger partial charge on any atom is 0.241 e. The van der Waals surface area contributed by atoms with Gasteiger partial charge in [-0.05, 0) is 49.2 Å². The Hall–Kier alpha value is -2.37. The molecule has 1 unspecified atom stereocenters. The number of benzene rings is 2. The molecule has 2 aromatic rings. The number of ether oxygens (including phenoxy) is 2. The first-order chi connectivity index (χ1) is 14.6. The van der Waals surface area contributed by atoms with Gasteiger partial charge in [-0.3, -0.25) is 9.69 Å². The molecule has 0 radical (unpaired) electrons. The second-order valence-corrected chi connectivity index (χ2v) is 7.87. The summed E-state index contributed by atoms with van der Waals surface area (Å²) in [5.41, 5.74) is 2.14. The summed E-state index contributed by atoms with van der Waals surface area (Å²) >= 11 is 0. The number of carbonyl (C=O) groups excluding carboxylic acids is 1. The van der Waals surface area contributed by atoms with Gasteiger partial charge in [-0.2, -0.15) is 0 Å². The number of methoxy groups -OCH3 is 1. The van der Waals surface area contributed by atoms with E-state index in [1.807, 2.05) is 42.5 Å². The van der Waals surface area contributed by atoms with Crippen LogP contribution in [-0.4, -0.2) is 50.8 Å². The first kappa shape index (κ1) is 22.3. The number of hydrogen-bond acceptors (Lipinski definition) is 4. The molecule has 1 fully saturated rings. The summed E-state index contributed by atoms with van der Waals surface area (Å²) in [6, 6.07) is 18.0. The third-order valence-corrected chi connectivity index (χ3v) is 6.29. The molecule has 2 aromatic carbocycles. The predicted molar refractivity (Wildman–Crippen MR) is 120 cm³/mol. The second kappa shape index (κ2) is 10.6. The molecule has 1 aliphatic heterocycles. The van der Waals surface area contributed by atoms with E-state index in [2.05, 4.69) is 36.2 Å². The number of hydrogen-bond donors (Lipinski definition) is 1. The van der Waals surface area contributed by atoms with E-state index in [0.717, 1.165) is 37.2 Å².